The number of benzene rings is 1. The summed E-state index contributed by atoms with van der Waals surface area (Å²) in [5, 5.41) is 11.8. The van der Waals surface area contributed by atoms with Gasteiger partial charge in [0, 0.05) is 48.7 Å². The second-order valence-corrected chi connectivity index (χ2v) is 8.90. The van der Waals surface area contributed by atoms with Gasteiger partial charge in [-0.2, -0.15) is 0 Å². The first-order valence-corrected chi connectivity index (χ1v) is 11.1. The number of nitrogens with zero attached hydrogens (tertiary/aromatic N) is 3. The molecule has 1 fully saturated rings. The molecule has 0 aliphatic carbocycles. The molecule has 0 bridgehead atoms. The van der Waals surface area contributed by atoms with E-state index in [1.54, 1.807) is 18.4 Å². The standard InChI is InChI=1S/C23H25N3O3S/c1-24-7-9-25(10-8-24)18-13-16-15(12-20(18)29-2)5-6-26-19(23(27)28)14-17(22(16)26)21-4-3-11-30-21/h3-4,11-14H,5-10H2,1-2H3,(H,27,28). The molecule has 2 aromatic heterocycles. The molecule has 1 saturated heterocycles. The summed E-state index contributed by atoms with van der Waals surface area (Å²) in [5.74, 6) is 0.0183. The number of rotatable bonds is 4. The van der Waals surface area contributed by atoms with E-state index >= 15 is 0 Å². The van der Waals surface area contributed by atoms with E-state index in [4.69, 9.17) is 4.74 Å². The van der Waals surface area contributed by atoms with Crippen LogP contribution >= 0.6 is 11.3 Å². The molecule has 0 saturated carbocycles. The fraction of sp³-hybridized carbons (Fsp3) is 0.348. The molecule has 2 aliphatic heterocycles. The van der Waals surface area contributed by atoms with Crippen molar-refractivity contribution >= 4 is 23.0 Å². The predicted octanol–water partition coefficient (Wildman–Crippen LogP) is 3.90. The van der Waals surface area contributed by atoms with Crippen molar-refractivity contribution in [2.45, 2.75) is 13.0 Å². The SMILES string of the molecule is COc1cc2c(cc1N1CCN(C)CC1)-c1c(-c3cccs3)cc(C(=O)O)n1CC2. The molecule has 0 unspecified atom stereocenters. The molecule has 0 amide bonds. The zero-order valence-electron chi connectivity index (χ0n) is 17.2. The normalized spacial score (nSPS) is 16.3. The molecule has 0 atom stereocenters. The van der Waals surface area contributed by atoms with Gasteiger partial charge in [-0.25, -0.2) is 4.79 Å². The van der Waals surface area contributed by atoms with Crippen LogP contribution in [0.4, 0.5) is 5.69 Å². The molecule has 30 heavy (non-hydrogen) atoms. The van der Waals surface area contributed by atoms with Crippen LogP contribution in [0, 0.1) is 0 Å². The molecule has 0 spiro atoms. The van der Waals surface area contributed by atoms with Gasteiger partial charge in [0.2, 0.25) is 0 Å². The van der Waals surface area contributed by atoms with Crippen molar-refractivity contribution in [2.75, 3.05) is 45.2 Å². The number of aromatic nitrogens is 1. The van der Waals surface area contributed by atoms with Crippen LogP contribution in [0.2, 0.25) is 0 Å². The molecule has 6 nitrogen and oxygen atoms in total. The fourth-order valence-electron chi connectivity index (χ4n) is 4.60. The Hall–Kier alpha value is -2.77. The lowest BCUT2D eigenvalue weighted by atomic mass is 9.94. The van der Waals surface area contributed by atoms with Crippen molar-refractivity contribution in [1.82, 2.24) is 9.47 Å². The number of piperazine rings is 1. The Labute approximate surface area is 179 Å². The zero-order valence-corrected chi connectivity index (χ0v) is 18.0. The third kappa shape index (κ3) is 3.09. The number of carboxylic acids is 1. The average Bonchev–Trinajstić information content (AvgIpc) is 3.41. The van der Waals surface area contributed by atoms with Crippen molar-refractivity contribution in [3.8, 4) is 27.4 Å². The molecular formula is C23H25N3O3S. The summed E-state index contributed by atoms with van der Waals surface area (Å²) >= 11 is 1.64. The number of fused-ring (bicyclic) bond motifs is 3. The van der Waals surface area contributed by atoms with E-state index in [2.05, 4.69) is 35.0 Å². The third-order valence-electron chi connectivity index (χ3n) is 6.21. The zero-order chi connectivity index (χ0) is 20.8. The van der Waals surface area contributed by atoms with Crippen LogP contribution in [0.15, 0.2) is 35.7 Å². The summed E-state index contributed by atoms with van der Waals surface area (Å²) < 4.78 is 7.74. The van der Waals surface area contributed by atoms with E-state index in [1.807, 2.05) is 22.1 Å². The topological polar surface area (TPSA) is 57.9 Å². The fourth-order valence-corrected chi connectivity index (χ4v) is 5.34. The predicted molar refractivity (Wildman–Crippen MR) is 120 cm³/mol. The Balaban J connectivity index is 1.70. The van der Waals surface area contributed by atoms with Gasteiger partial charge in [-0.3, -0.25) is 0 Å². The molecule has 1 N–H and O–H groups in total. The highest BCUT2D eigenvalue weighted by Gasteiger charge is 2.29. The quantitative estimate of drug-likeness (QED) is 0.690. The Morgan fingerprint density at radius 3 is 2.57 bits per heavy atom. The number of likely N-dealkylation sites (N-methyl/N-ethyl adjacent to an activating group) is 1. The summed E-state index contributed by atoms with van der Waals surface area (Å²) in [6, 6.07) is 10.3. The first kappa shape index (κ1) is 19.2. The lowest BCUT2D eigenvalue weighted by molar-refractivity contribution is 0.0685. The molecule has 2 aliphatic rings. The van der Waals surface area contributed by atoms with Crippen molar-refractivity contribution in [3.05, 3.63) is 47.0 Å². The molecule has 3 aromatic rings. The molecule has 4 heterocycles. The highest BCUT2D eigenvalue weighted by atomic mass is 32.1. The Morgan fingerprint density at radius 1 is 1.10 bits per heavy atom. The van der Waals surface area contributed by atoms with Gasteiger partial charge in [0.05, 0.1) is 18.5 Å². The van der Waals surface area contributed by atoms with Crippen LogP contribution in [-0.2, 0) is 13.0 Å². The Morgan fingerprint density at radius 2 is 1.90 bits per heavy atom. The van der Waals surface area contributed by atoms with Crippen LogP contribution in [0.5, 0.6) is 5.75 Å². The number of aromatic carboxylic acids is 1. The molecule has 5 rings (SSSR count). The van der Waals surface area contributed by atoms with Crippen molar-refractivity contribution < 1.29 is 14.6 Å². The van der Waals surface area contributed by atoms with Gasteiger partial charge in [-0.1, -0.05) is 6.07 Å². The van der Waals surface area contributed by atoms with Gasteiger partial charge in [0.15, 0.2) is 0 Å². The minimum absolute atomic E-state index is 0.357. The first-order valence-electron chi connectivity index (χ1n) is 10.2. The van der Waals surface area contributed by atoms with Gasteiger partial charge in [-0.05, 0) is 48.7 Å². The number of carbonyl (C=O) groups is 1. The minimum Gasteiger partial charge on any atom is -0.495 e. The number of hydrogen-bond acceptors (Lipinski definition) is 5. The van der Waals surface area contributed by atoms with Gasteiger partial charge in [0.1, 0.15) is 11.4 Å². The number of methoxy groups -OCH3 is 1. The van der Waals surface area contributed by atoms with Crippen molar-refractivity contribution in [2.24, 2.45) is 0 Å². The number of ether oxygens (including phenoxy) is 1. The van der Waals surface area contributed by atoms with Gasteiger partial charge >= 0.3 is 5.97 Å². The van der Waals surface area contributed by atoms with Crippen LogP contribution in [0.3, 0.4) is 0 Å². The second kappa shape index (κ2) is 7.49. The van der Waals surface area contributed by atoms with E-state index in [1.165, 1.54) is 5.56 Å². The lowest BCUT2D eigenvalue weighted by Crippen LogP contribution is -2.44. The summed E-state index contributed by atoms with van der Waals surface area (Å²) in [4.78, 5) is 17.8. The van der Waals surface area contributed by atoms with Crippen LogP contribution in [0.25, 0.3) is 21.7 Å². The number of carboxylic acid groups (broad SMARTS) is 1. The number of thiophene rings is 1. The molecular weight excluding hydrogens is 398 g/mol. The minimum atomic E-state index is -0.879. The van der Waals surface area contributed by atoms with Gasteiger partial charge in [0.25, 0.3) is 0 Å². The smallest absolute Gasteiger partial charge is 0.352 e. The maximum Gasteiger partial charge on any atom is 0.352 e. The highest BCUT2D eigenvalue weighted by molar-refractivity contribution is 7.13. The van der Waals surface area contributed by atoms with Gasteiger partial charge < -0.3 is 24.2 Å². The first-order chi connectivity index (χ1) is 14.6. The van der Waals surface area contributed by atoms with Crippen LogP contribution < -0.4 is 9.64 Å². The number of anilines is 1. The van der Waals surface area contributed by atoms with E-state index < -0.39 is 5.97 Å². The highest BCUT2D eigenvalue weighted by Crippen LogP contribution is 2.45. The number of aryl methyl sites for hydroxylation is 1. The maximum atomic E-state index is 12.0. The van der Waals surface area contributed by atoms with Crippen molar-refractivity contribution in [1.29, 1.82) is 0 Å². The summed E-state index contributed by atoms with van der Waals surface area (Å²) in [7, 11) is 3.88. The Kier molecular flexibility index (Phi) is 4.79. The lowest BCUT2D eigenvalue weighted by Gasteiger charge is -2.35. The number of hydrogen-bond donors (Lipinski definition) is 1. The van der Waals surface area contributed by atoms with Crippen molar-refractivity contribution in [3.63, 3.8) is 0 Å². The van der Waals surface area contributed by atoms with Crippen LogP contribution in [0.1, 0.15) is 16.1 Å². The van der Waals surface area contributed by atoms with E-state index in [0.29, 0.717) is 12.2 Å². The van der Waals surface area contributed by atoms with E-state index in [-0.39, 0.29) is 0 Å². The summed E-state index contributed by atoms with van der Waals surface area (Å²) in [6.07, 6.45) is 0.792. The summed E-state index contributed by atoms with van der Waals surface area (Å²) in [5.41, 5.74) is 5.79. The van der Waals surface area contributed by atoms with E-state index in [9.17, 15) is 9.90 Å². The van der Waals surface area contributed by atoms with Crippen LogP contribution in [-0.4, -0.2) is 60.9 Å². The maximum absolute atomic E-state index is 12.0. The average molecular weight is 424 g/mol. The van der Waals surface area contributed by atoms with Gasteiger partial charge in [-0.15, -0.1) is 11.3 Å². The molecule has 156 valence electrons. The Bertz CT molecular complexity index is 1100. The second-order valence-electron chi connectivity index (χ2n) is 7.95. The molecule has 7 heteroatoms. The molecule has 0 radical (unpaired) electrons. The molecule has 1 aromatic carbocycles. The largest absolute Gasteiger partial charge is 0.495 e. The third-order valence-corrected chi connectivity index (χ3v) is 7.11. The summed E-state index contributed by atoms with van der Waals surface area (Å²) in [6.45, 7) is 4.59. The monoisotopic (exact) mass is 423 g/mol. The van der Waals surface area contributed by atoms with E-state index in [0.717, 1.165) is 65.7 Å².